The third kappa shape index (κ3) is 6.31. The lowest BCUT2D eigenvalue weighted by Gasteiger charge is -2.30. The summed E-state index contributed by atoms with van der Waals surface area (Å²) in [4.78, 5) is 12.7. The summed E-state index contributed by atoms with van der Waals surface area (Å²) in [6.07, 6.45) is 5.50. The van der Waals surface area contributed by atoms with E-state index >= 15 is 0 Å². The van der Waals surface area contributed by atoms with Crippen molar-refractivity contribution in [1.82, 2.24) is 5.32 Å². The molecule has 1 amide bonds. The van der Waals surface area contributed by atoms with Gasteiger partial charge in [0.25, 0.3) is 0 Å². The average Bonchev–Trinajstić information content (AvgIpc) is 2.56. The molecule has 0 bridgehead atoms. The SMILES string of the molecule is CCCCC(CC)CNC(=O)C(C)N(c1cc(C)ccc1C)S(C)(=O)=O. The zero-order chi connectivity index (χ0) is 19.9. The van der Waals surface area contributed by atoms with Crippen molar-refractivity contribution in [2.45, 2.75) is 66.3 Å². The van der Waals surface area contributed by atoms with Crippen molar-refractivity contribution in [3.63, 3.8) is 0 Å². The molecule has 6 heteroatoms. The van der Waals surface area contributed by atoms with Crippen molar-refractivity contribution in [3.05, 3.63) is 29.3 Å². The van der Waals surface area contributed by atoms with E-state index in [1.54, 1.807) is 6.92 Å². The molecule has 0 aliphatic carbocycles. The van der Waals surface area contributed by atoms with Crippen molar-refractivity contribution in [2.75, 3.05) is 17.1 Å². The van der Waals surface area contributed by atoms with E-state index in [2.05, 4.69) is 19.2 Å². The number of unbranched alkanes of at least 4 members (excludes halogenated alkanes) is 1. The van der Waals surface area contributed by atoms with Gasteiger partial charge in [-0.05, 0) is 50.3 Å². The van der Waals surface area contributed by atoms with Crippen molar-refractivity contribution in [2.24, 2.45) is 5.92 Å². The first-order chi connectivity index (χ1) is 12.1. The number of nitrogens with one attached hydrogen (secondary N) is 1. The van der Waals surface area contributed by atoms with Gasteiger partial charge in [0.2, 0.25) is 15.9 Å². The third-order valence-corrected chi connectivity index (χ3v) is 6.03. The van der Waals surface area contributed by atoms with Crippen LogP contribution in [0.5, 0.6) is 0 Å². The van der Waals surface area contributed by atoms with Gasteiger partial charge in [0.05, 0.1) is 11.9 Å². The maximum atomic E-state index is 12.7. The van der Waals surface area contributed by atoms with Crippen molar-refractivity contribution >= 4 is 21.6 Å². The van der Waals surface area contributed by atoms with Crippen LogP contribution in [0.2, 0.25) is 0 Å². The predicted molar refractivity (Wildman–Crippen MR) is 109 cm³/mol. The summed E-state index contributed by atoms with van der Waals surface area (Å²) < 4.78 is 26.1. The van der Waals surface area contributed by atoms with Gasteiger partial charge in [-0.3, -0.25) is 9.10 Å². The van der Waals surface area contributed by atoms with Crippen LogP contribution in [0.25, 0.3) is 0 Å². The van der Waals surface area contributed by atoms with Crippen LogP contribution >= 0.6 is 0 Å². The number of nitrogens with zero attached hydrogens (tertiary/aromatic N) is 1. The lowest BCUT2D eigenvalue weighted by molar-refractivity contribution is -0.122. The van der Waals surface area contributed by atoms with Crippen LogP contribution in [0, 0.1) is 19.8 Å². The number of anilines is 1. The van der Waals surface area contributed by atoms with Gasteiger partial charge in [-0.2, -0.15) is 0 Å². The number of rotatable bonds is 10. The van der Waals surface area contributed by atoms with Gasteiger partial charge < -0.3 is 5.32 Å². The van der Waals surface area contributed by atoms with E-state index < -0.39 is 16.1 Å². The van der Waals surface area contributed by atoms with Crippen LogP contribution in [0.15, 0.2) is 18.2 Å². The fourth-order valence-electron chi connectivity index (χ4n) is 3.07. The van der Waals surface area contributed by atoms with Gasteiger partial charge >= 0.3 is 0 Å². The number of hydrogen-bond donors (Lipinski definition) is 1. The fourth-order valence-corrected chi connectivity index (χ4v) is 4.30. The summed E-state index contributed by atoms with van der Waals surface area (Å²) in [5.74, 6) is 0.171. The minimum Gasteiger partial charge on any atom is -0.354 e. The Morgan fingerprint density at radius 1 is 1.23 bits per heavy atom. The minimum atomic E-state index is -3.59. The normalized spacial score (nSPS) is 13.9. The van der Waals surface area contributed by atoms with Gasteiger partial charge in [0.1, 0.15) is 6.04 Å². The summed E-state index contributed by atoms with van der Waals surface area (Å²) >= 11 is 0. The van der Waals surface area contributed by atoms with Gasteiger partial charge in [-0.15, -0.1) is 0 Å². The molecule has 1 rings (SSSR count). The molecule has 5 nitrogen and oxygen atoms in total. The Hall–Kier alpha value is -1.56. The van der Waals surface area contributed by atoms with Crippen LogP contribution in [0.3, 0.4) is 0 Å². The monoisotopic (exact) mass is 382 g/mol. The Labute approximate surface area is 159 Å². The topological polar surface area (TPSA) is 66.5 Å². The summed E-state index contributed by atoms with van der Waals surface area (Å²) in [5.41, 5.74) is 2.35. The average molecular weight is 383 g/mol. The molecule has 0 saturated carbocycles. The Balaban J connectivity index is 2.98. The van der Waals surface area contributed by atoms with Crippen LogP contribution in [-0.4, -0.2) is 33.2 Å². The molecule has 0 aliphatic rings. The van der Waals surface area contributed by atoms with E-state index in [1.807, 2.05) is 32.0 Å². The van der Waals surface area contributed by atoms with E-state index in [4.69, 9.17) is 0 Å². The molecule has 1 aromatic carbocycles. The van der Waals surface area contributed by atoms with Crippen LogP contribution < -0.4 is 9.62 Å². The molecule has 0 radical (unpaired) electrons. The van der Waals surface area contributed by atoms with Crippen LogP contribution in [0.4, 0.5) is 5.69 Å². The second-order valence-corrected chi connectivity index (χ2v) is 9.05. The molecule has 2 atom stereocenters. The van der Waals surface area contributed by atoms with E-state index in [1.165, 1.54) is 4.31 Å². The first-order valence-corrected chi connectivity index (χ1v) is 11.3. The number of sulfonamides is 1. The Morgan fingerprint density at radius 3 is 2.42 bits per heavy atom. The first-order valence-electron chi connectivity index (χ1n) is 9.46. The second kappa shape index (κ2) is 9.95. The smallest absolute Gasteiger partial charge is 0.243 e. The predicted octanol–water partition coefficient (Wildman–Crippen LogP) is 3.79. The third-order valence-electron chi connectivity index (χ3n) is 4.80. The Morgan fingerprint density at radius 2 is 1.88 bits per heavy atom. The number of carbonyl (C=O) groups is 1. The molecular weight excluding hydrogens is 348 g/mol. The standard InChI is InChI=1S/C20H34N2O3S/c1-7-9-10-18(8-2)14-21-20(23)17(5)22(26(6,24)25)19-13-15(3)11-12-16(19)4/h11-13,17-18H,7-10,14H2,1-6H3,(H,21,23). The number of hydrogen-bond acceptors (Lipinski definition) is 3. The number of benzene rings is 1. The van der Waals surface area contributed by atoms with Gasteiger partial charge in [-0.25, -0.2) is 8.42 Å². The summed E-state index contributed by atoms with van der Waals surface area (Å²) in [6, 6.07) is 4.83. The van der Waals surface area contributed by atoms with Crippen LogP contribution in [-0.2, 0) is 14.8 Å². The molecule has 0 spiro atoms. The molecule has 0 heterocycles. The van der Waals surface area contributed by atoms with Gasteiger partial charge in [-0.1, -0.05) is 45.2 Å². The molecule has 0 aliphatic heterocycles. The lowest BCUT2D eigenvalue weighted by atomic mass is 9.99. The molecule has 0 fully saturated rings. The van der Waals surface area contributed by atoms with Crippen LogP contribution in [0.1, 0.15) is 57.6 Å². The van der Waals surface area contributed by atoms with Gasteiger partial charge in [0, 0.05) is 6.54 Å². The molecule has 1 aromatic rings. The molecule has 1 N–H and O–H groups in total. The summed E-state index contributed by atoms with van der Waals surface area (Å²) in [5, 5.41) is 2.95. The summed E-state index contributed by atoms with van der Waals surface area (Å²) in [6.45, 7) is 10.3. The Bertz CT molecular complexity index is 701. The van der Waals surface area contributed by atoms with E-state index in [0.717, 1.165) is 43.1 Å². The highest BCUT2D eigenvalue weighted by Crippen LogP contribution is 2.26. The molecule has 2 unspecified atom stereocenters. The van der Waals surface area contributed by atoms with E-state index in [0.29, 0.717) is 18.2 Å². The quantitative estimate of drug-likeness (QED) is 0.669. The highest BCUT2D eigenvalue weighted by atomic mass is 32.2. The molecular formula is C20H34N2O3S. The summed E-state index contributed by atoms with van der Waals surface area (Å²) in [7, 11) is -3.59. The number of amides is 1. The van der Waals surface area contributed by atoms with Crippen molar-refractivity contribution in [1.29, 1.82) is 0 Å². The largest absolute Gasteiger partial charge is 0.354 e. The first kappa shape index (κ1) is 22.5. The highest BCUT2D eigenvalue weighted by molar-refractivity contribution is 7.92. The number of carbonyl (C=O) groups excluding carboxylic acids is 1. The van der Waals surface area contributed by atoms with Crippen molar-refractivity contribution in [3.8, 4) is 0 Å². The molecule has 0 saturated heterocycles. The zero-order valence-corrected chi connectivity index (χ0v) is 17.8. The van der Waals surface area contributed by atoms with E-state index in [-0.39, 0.29) is 5.91 Å². The maximum Gasteiger partial charge on any atom is 0.243 e. The second-order valence-electron chi connectivity index (χ2n) is 7.19. The van der Waals surface area contributed by atoms with Gasteiger partial charge in [0.15, 0.2) is 0 Å². The Kier molecular flexibility index (Phi) is 8.60. The fraction of sp³-hybridized carbons (Fsp3) is 0.650. The molecule has 148 valence electrons. The number of aryl methyl sites for hydroxylation is 2. The molecule has 26 heavy (non-hydrogen) atoms. The lowest BCUT2D eigenvalue weighted by Crippen LogP contribution is -2.49. The minimum absolute atomic E-state index is 0.258. The molecule has 0 aromatic heterocycles. The zero-order valence-electron chi connectivity index (χ0n) is 17.0. The van der Waals surface area contributed by atoms with Crippen molar-refractivity contribution < 1.29 is 13.2 Å². The van der Waals surface area contributed by atoms with E-state index in [9.17, 15) is 13.2 Å². The highest BCUT2D eigenvalue weighted by Gasteiger charge is 2.30. The maximum absolute atomic E-state index is 12.7.